The molecule has 0 aliphatic heterocycles. The van der Waals surface area contributed by atoms with Gasteiger partial charge >= 0.3 is 0 Å². The van der Waals surface area contributed by atoms with E-state index in [1.807, 2.05) is 0 Å². The Morgan fingerprint density at radius 1 is 2.00 bits per heavy atom. The van der Waals surface area contributed by atoms with Crippen LogP contribution in [0.4, 0.5) is 0 Å². The first-order valence-corrected chi connectivity index (χ1v) is 1.57. The normalized spacial score (nSPS) is 13.0. The lowest BCUT2D eigenvalue weighted by Gasteiger charge is -1.78. The first-order chi connectivity index (χ1) is 2.27. The van der Waals surface area contributed by atoms with E-state index in [0.717, 1.165) is 0 Å². The van der Waals surface area contributed by atoms with Gasteiger partial charge in [0, 0.05) is 0 Å². The zero-order valence-corrected chi connectivity index (χ0v) is 3.37. The number of nitrogens with two attached hydrogens (primary N) is 1. The summed E-state index contributed by atoms with van der Waals surface area (Å²) in [4.78, 5) is 0. The van der Waals surface area contributed by atoms with Gasteiger partial charge in [0.1, 0.15) is 5.50 Å². The lowest BCUT2D eigenvalue weighted by atomic mass is 10.7. The zero-order valence-electron chi connectivity index (χ0n) is 2.61. The van der Waals surface area contributed by atoms with Crippen molar-refractivity contribution in [3.63, 3.8) is 0 Å². The van der Waals surface area contributed by atoms with E-state index in [2.05, 4.69) is 12.3 Å². The molecule has 0 aliphatic rings. The summed E-state index contributed by atoms with van der Waals surface area (Å²) in [6.07, 6.45) is 4.66. The molecule has 0 fully saturated rings. The van der Waals surface area contributed by atoms with Crippen LogP contribution < -0.4 is 5.73 Å². The van der Waals surface area contributed by atoms with Gasteiger partial charge in [-0.15, -0.1) is 6.42 Å². The Hall–Kier alpha value is -0.190. The van der Waals surface area contributed by atoms with Crippen LogP contribution in [0.15, 0.2) is 0 Å². The van der Waals surface area contributed by atoms with Crippen molar-refractivity contribution in [2.45, 2.75) is 5.50 Å². The Morgan fingerprint density at radius 2 is 2.20 bits per heavy atom. The van der Waals surface area contributed by atoms with Crippen molar-refractivity contribution in [1.82, 2.24) is 0 Å². The van der Waals surface area contributed by atoms with Crippen molar-refractivity contribution in [2.75, 3.05) is 0 Å². The van der Waals surface area contributed by atoms with Gasteiger partial charge in [0.25, 0.3) is 0 Å². The third kappa shape index (κ3) is 3.81. The van der Waals surface area contributed by atoms with Crippen LogP contribution in [0, 0.1) is 12.3 Å². The van der Waals surface area contributed by atoms with Gasteiger partial charge < -0.3 is 5.73 Å². The molecule has 0 rings (SSSR count). The molecule has 0 aromatic rings. The zero-order chi connectivity index (χ0) is 4.28. The topological polar surface area (TPSA) is 26.0 Å². The van der Waals surface area contributed by atoms with Crippen molar-refractivity contribution in [2.24, 2.45) is 5.73 Å². The molecule has 0 aromatic heterocycles. The molecule has 2 heteroatoms. The molecule has 5 heavy (non-hydrogen) atoms. The molecule has 1 unspecified atom stereocenters. The minimum Gasteiger partial charge on any atom is -0.305 e. The van der Waals surface area contributed by atoms with Gasteiger partial charge in [0.15, 0.2) is 0 Å². The van der Waals surface area contributed by atoms with Gasteiger partial charge in [-0.25, -0.2) is 0 Å². The second-order valence-electron chi connectivity index (χ2n) is 0.568. The fraction of sp³-hybridized carbons (Fsp3) is 0.333. The minimum atomic E-state index is -0.616. The predicted molar refractivity (Wildman–Crippen MR) is 22.7 cm³/mol. The third-order valence-electron chi connectivity index (χ3n) is 0.159. The lowest BCUT2D eigenvalue weighted by Crippen LogP contribution is -2.06. The summed E-state index contributed by atoms with van der Waals surface area (Å²) in [6.45, 7) is 0. The van der Waals surface area contributed by atoms with Gasteiger partial charge in [0.05, 0.1) is 0 Å². The number of rotatable bonds is 0. The van der Waals surface area contributed by atoms with Crippen molar-refractivity contribution in [1.29, 1.82) is 0 Å². The highest BCUT2D eigenvalue weighted by molar-refractivity contribution is 6.21. The molecule has 0 spiro atoms. The maximum atomic E-state index is 5.00. The molecule has 0 radical (unpaired) electrons. The summed E-state index contributed by atoms with van der Waals surface area (Å²) < 4.78 is 0. The van der Waals surface area contributed by atoms with Crippen molar-refractivity contribution in [3.8, 4) is 12.3 Å². The van der Waals surface area contributed by atoms with Crippen LogP contribution in [0.25, 0.3) is 0 Å². The average Bonchev–Trinajstić information content (AvgIpc) is 1.38. The van der Waals surface area contributed by atoms with E-state index in [0.29, 0.717) is 0 Å². The maximum Gasteiger partial charge on any atom is 0.142 e. The van der Waals surface area contributed by atoms with E-state index in [9.17, 15) is 0 Å². The molecule has 2 N–H and O–H groups in total. The maximum absolute atomic E-state index is 5.00. The van der Waals surface area contributed by atoms with Gasteiger partial charge in [0.2, 0.25) is 0 Å². The molecule has 1 nitrogen and oxygen atoms in total. The molecule has 0 amide bonds. The van der Waals surface area contributed by atoms with E-state index in [-0.39, 0.29) is 0 Å². The van der Waals surface area contributed by atoms with Crippen LogP contribution in [0.3, 0.4) is 0 Å². The third-order valence-corrected chi connectivity index (χ3v) is 0.285. The fourth-order valence-corrected chi connectivity index (χ4v) is 0. The number of terminal acetylenes is 1. The molecule has 0 saturated carbocycles. The number of hydrogen-bond donors (Lipinski definition) is 1. The first kappa shape index (κ1) is 4.81. The SMILES string of the molecule is C#CC(N)Cl. The molecule has 0 heterocycles. The van der Waals surface area contributed by atoms with E-state index in [1.54, 1.807) is 0 Å². The fourth-order valence-electron chi connectivity index (χ4n) is 0. The smallest absolute Gasteiger partial charge is 0.142 e. The Bertz CT molecular complexity index is 52.4. The second-order valence-corrected chi connectivity index (χ2v) is 1.04. The molecular formula is C3H4ClN. The Labute approximate surface area is 36.1 Å². The highest BCUT2D eigenvalue weighted by Gasteiger charge is 1.77. The average molecular weight is 89.5 g/mol. The van der Waals surface area contributed by atoms with Gasteiger partial charge in [-0.3, -0.25) is 0 Å². The van der Waals surface area contributed by atoms with E-state index in [4.69, 9.17) is 17.3 Å². The minimum absolute atomic E-state index is 0.616. The van der Waals surface area contributed by atoms with E-state index in [1.165, 1.54) is 0 Å². The highest BCUT2D eigenvalue weighted by atomic mass is 35.5. The lowest BCUT2D eigenvalue weighted by molar-refractivity contribution is 1.19. The van der Waals surface area contributed by atoms with Gasteiger partial charge in [-0.1, -0.05) is 17.5 Å². The van der Waals surface area contributed by atoms with Crippen LogP contribution in [0.2, 0.25) is 0 Å². The van der Waals surface area contributed by atoms with Crippen LogP contribution in [0.5, 0.6) is 0 Å². The molecule has 0 bridgehead atoms. The summed E-state index contributed by atoms with van der Waals surface area (Å²) in [5.41, 5.74) is 4.21. The molecule has 0 aromatic carbocycles. The molecular weight excluding hydrogens is 85.5 g/mol. The number of halogens is 1. The first-order valence-electron chi connectivity index (χ1n) is 1.13. The molecule has 0 aliphatic carbocycles. The molecule has 1 atom stereocenters. The van der Waals surface area contributed by atoms with E-state index < -0.39 is 5.50 Å². The summed E-state index contributed by atoms with van der Waals surface area (Å²) in [5.74, 6) is 2.07. The molecule has 28 valence electrons. The number of alkyl halides is 1. The summed E-state index contributed by atoms with van der Waals surface area (Å²) in [7, 11) is 0. The number of hydrogen-bond acceptors (Lipinski definition) is 1. The quantitative estimate of drug-likeness (QED) is 0.255. The van der Waals surface area contributed by atoms with E-state index >= 15 is 0 Å². The summed E-state index contributed by atoms with van der Waals surface area (Å²) in [5, 5.41) is 0. The largest absolute Gasteiger partial charge is 0.305 e. The standard InChI is InChI=1S/C3H4ClN/c1-2-3(4)5/h1,3H,5H2. The Morgan fingerprint density at radius 3 is 2.20 bits per heavy atom. The Balaban J connectivity index is 2.94. The van der Waals surface area contributed by atoms with Crippen LogP contribution in [-0.4, -0.2) is 5.50 Å². The summed E-state index contributed by atoms with van der Waals surface area (Å²) in [6, 6.07) is 0. The monoisotopic (exact) mass is 89.0 g/mol. The Kier molecular flexibility index (Phi) is 1.99. The van der Waals surface area contributed by atoms with Crippen LogP contribution >= 0.6 is 11.6 Å². The summed E-state index contributed by atoms with van der Waals surface area (Å²) >= 11 is 5.00. The van der Waals surface area contributed by atoms with Crippen molar-refractivity contribution in [3.05, 3.63) is 0 Å². The van der Waals surface area contributed by atoms with Crippen LogP contribution in [0.1, 0.15) is 0 Å². The highest BCUT2D eigenvalue weighted by Crippen LogP contribution is 1.75. The van der Waals surface area contributed by atoms with Gasteiger partial charge in [-0.05, 0) is 0 Å². The van der Waals surface area contributed by atoms with Crippen molar-refractivity contribution >= 4 is 11.6 Å². The predicted octanol–water partition coefficient (Wildman–Crippen LogP) is 0.143. The van der Waals surface area contributed by atoms with Gasteiger partial charge in [-0.2, -0.15) is 0 Å². The van der Waals surface area contributed by atoms with Crippen LogP contribution in [-0.2, 0) is 0 Å². The van der Waals surface area contributed by atoms with Crippen molar-refractivity contribution < 1.29 is 0 Å². The second kappa shape index (κ2) is 2.07. The molecule has 0 saturated heterocycles.